The quantitative estimate of drug-likeness (QED) is 0.0792. The second-order valence-electron chi connectivity index (χ2n) is 16.9. The Balaban J connectivity index is 0.851. The maximum absolute atomic E-state index is 15.3. The first-order valence-corrected chi connectivity index (χ1v) is 23.0. The molecule has 8 rings (SSSR count). The van der Waals surface area contributed by atoms with Crippen molar-refractivity contribution in [1.82, 2.24) is 24.5 Å². The number of ketones is 1. The smallest absolute Gasteiger partial charge is 0.301 e. The zero-order valence-corrected chi connectivity index (χ0v) is 37.1. The van der Waals surface area contributed by atoms with E-state index in [1.54, 1.807) is 30.2 Å². The van der Waals surface area contributed by atoms with Crippen LogP contribution in [0.3, 0.4) is 0 Å². The topological polar surface area (TPSA) is 200 Å². The predicted octanol–water partition coefficient (Wildman–Crippen LogP) is 4.94. The number of aromatic amines is 1. The molecule has 5 heterocycles. The fourth-order valence-corrected chi connectivity index (χ4v) is 9.62. The van der Waals surface area contributed by atoms with Crippen molar-refractivity contribution in [3.8, 4) is 11.1 Å². The zero-order chi connectivity index (χ0) is 46.2. The van der Waals surface area contributed by atoms with Crippen LogP contribution in [0.1, 0.15) is 60.5 Å². The molecule has 1 atom stereocenters. The van der Waals surface area contributed by atoms with Crippen molar-refractivity contribution < 1.29 is 41.5 Å². The van der Waals surface area contributed by atoms with E-state index in [2.05, 4.69) is 25.2 Å². The highest BCUT2D eigenvalue weighted by molar-refractivity contribution is 7.90. The van der Waals surface area contributed by atoms with E-state index in [0.29, 0.717) is 68.0 Å². The van der Waals surface area contributed by atoms with Gasteiger partial charge in [0.25, 0.3) is 0 Å². The van der Waals surface area contributed by atoms with Gasteiger partial charge >= 0.3 is 10.2 Å². The van der Waals surface area contributed by atoms with Crippen molar-refractivity contribution in [3.05, 3.63) is 101 Å². The van der Waals surface area contributed by atoms with E-state index in [1.165, 1.54) is 32.3 Å². The molecule has 3 amide bonds. The fourth-order valence-electron chi connectivity index (χ4n) is 8.63. The minimum Gasteiger partial charge on any atom is -0.389 e. The summed E-state index contributed by atoms with van der Waals surface area (Å²) in [4.78, 5) is 64.4. The van der Waals surface area contributed by atoms with Crippen molar-refractivity contribution in [2.24, 2.45) is 0 Å². The molecule has 3 aliphatic heterocycles. The van der Waals surface area contributed by atoms with Crippen molar-refractivity contribution in [3.63, 3.8) is 0 Å². The van der Waals surface area contributed by atoms with E-state index in [1.807, 2.05) is 35.2 Å². The van der Waals surface area contributed by atoms with Crippen LogP contribution in [-0.4, -0.2) is 121 Å². The lowest BCUT2D eigenvalue weighted by atomic mass is 9.87. The highest BCUT2D eigenvalue weighted by Gasteiger charge is 2.37. The van der Waals surface area contributed by atoms with Crippen molar-refractivity contribution in [2.75, 3.05) is 72.7 Å². The van der Waals surface area contributed by atoms with Gasteiger partial charge in [-0.3, -0.25) is 29.2 Å². The predicted molar refractivity (Wildman–Crippen MR) is 243 cm³/mol. The number of carbonyl (C=O) groups excluding carboxylic acids is 4. The number of nitrogens with one attached hydrogen (secondary N) is 4. The molecule has 16 nitrogen and oxygen atoms in total. The van der Waals surface area contributed by atoms with E-state index in [-0.39, 0.29) is 66.4 Å². The van der Waals surface area contributed by atoms with Crippen molar-refractivity contribution >= 4 is 67.5 Å². The number of halogens is 2. The molecule has 0 radical (unpaired) electrons. The van der Waals surface area contributed by atoms with Crippen LogP contribution < -0.4 is 25.2 Å². The van der Waals surface area contributed by atoms with Crippen LogP contribution >= 0.6 is 0 Å². The van der Waals surface area contributed by atoms with Gasteiger partial charge in [0.1, 0.15) is 23.5 Å². The number of carbonyl (C=O) groups is 4. The Morgan fingerprint density at radius 2 is 1.68 bits per heavy atom. The van der Waals surface area contributed by atoms with E-state index < -0.39 is 45.2 Å². The van der Waals surface area contributed by atoms with E-state index in [0.717, 1.165) is 27.3 Å². The maximum Gasteiger partial charge on any atom is 0.301 e. The number of rotatable bonds is 13. The number of benzene rings is 3. The molecule has 342 valence electrons. The number of piperidine rings is 2. The SMILES string of the molecule is CCN(C)S(=O)(=O)Nc1ccc(F)c(C(=O)c2c[nH]c3ccc(-c4ccc(N5CCN(C(=O)CC6(O)CCN(c7ccc(NC8CCC(=O)NC8=O)cc7F)CC6)CC5)nc4)cc23)c1C. The number of hydrogen-bond donors (Lipinski definition) is 5. The molecule has 0 spiro atoms. The lowest BCUT2D eigenvalue weighted by Crippen LogP contribution is -2.52. The molecule has 19 heteroatoms. The van der Waals surface area contributed by atoms with Gasteiger partial charge in [-0.05, 0) is 91.9 Å². The zero-order valence-electron chi connectivity index (χ0n) is 36.3. The molecular weight excluding hydrogens is 861 g/mol. The van der Waals surface area contributed by atoms with Gasteiger partial charge in [-0.1, -0.05) is 13.0 Å². The normalized spacial score (nSPS) is 18.0. The van der Waals surface area contributed by atoms with Gasteiger partial charge in [-0.2, -0.15) is 12.7 Å². The molecule has 0 saturated carbocycles. The van der Waals surface area contributed by atoms with Crippen molar-refractivity contribution in [2.45, 2.75) is 57.6 Å². The van der Waals surface area contributed by atoms with Gasteiger partial charge in [-0.15, -0.1) is 0 Å². The van der Waals surface area contributed by atoms with Gasteiger partial charge in [0.2, 0.25) is 17.7 Å². The number of amides is 3. The van der Waals surface area contributed by atoms with Crippen molar-refractivity contribution in [1.29, 1.82) is 0 Å². The van der Waals surface area contributed by atoms with E-state index in [4.69, 9.17) is 4.98 Å². The third-order valence-corrected chi connectivity index (χ3v) is 14.3. The summed E-state index contributed by atoms with van der Waals surface area (Å²) >= 11 is 0. The Labute approximate surface area is 375 Å². The molecule has 0 aliphatic carbocycles. The Kier molecular flexibility index (Phi) is 12.6. The molecule has 0 bridgehead atoms. The van der Waals surface area contributed by atoms with Crippen LogP contribution in [0.5, 0.6) is 0 Å². The first-order chi connectivity index (χ1) is 31.0. The number of nitrogens with zero attached hydrogens (tertiary/aromatic N) is 5. The Hall–Kier alpha value is -6.44. The first kappa shape index (κ1) is 45.1. The maximum atomic E-state index is 15.3. The third-order valence-electron chi connectivity index (χ3n) is 12.7. The molecule has 3 aromatic carbocycles. The second-order valence-corrected chi connectivity index (χ2v) is 18.7. The molecule has 3 fully saturated rings. The van der Waals surface area contributed by atoms with Crippen LogP contribution in [0, 0.1) is 18.6 Å². The number of piperazine rings is 1. The average molecular weight is 912 g/mol. The van der Waals surface area contributed by atoms with Gasteiger partial charge in [0, 0.05) is 99.4 Å². The summed E-state index contributed by atoms with van der Waals surface area (Å²) < 4.78 is 59.5. The summed E-state index contributed by atoms with van der Waals surface area (Å²) in [6, 6.07) is 15.7. The summed E-state index contributed by atoms with van der Waals surface area (Å²) in [6.07, 6.45) is 4.31. The Morgan fingerprint density at radius 3 is 2.35 bits per heavy atom. The number of hydrogen-bond acceptors (Lipinski definition) is 11. The van der Waals surface area contributed by atoms with E-state index >= 15 is 8.78 Å². The molecule has 2 aromatic heterocycles. The molecule has 3 saturated heterocycles. The summed E-state index contributed by atoms with van der Waals surface area (Å²) in [7, 11) is -2.50. The minimum absolute atomic E-state index is 0.0385. The number of pyridine rings is 1. The third kappa shape index (κ3) is 9.53. The second kappa shape index (κ2) is 18.2. The standard InChI is InChI=1S/C46H51F2N9O7S/c1-4-54(3)65(63,64)53-36-10-8-34(47)43(28(36)2)44(60)33-27-49-37-9-5-29(23-32(33)37)30-6-13-40(50-26-30)56-19-21-57(22-20-56)42(59)25-46(62)15-17-55(18-16-46)39-12-7-31(24-35(39)48)51-38-11-14-41(58)52-45(38)61/h5-10,12-13,23-24,26-27,38,49,51,53,62H,4,11,14-22,25H2,1-3H3,(H,52,58,61). The van der Waals surface area contributed by atoms with Crippen LogP contribution in [0.4, 0.5) is 31.7 Å². The summed E-state index contributed by atoms with van der Waals surface area (Å²) in [5.74, 6) is -2.04. The lowest BCUT2D eigenvalue weighted by Gasteiger charge is -2.41. The summed E-state index contributed by atoms with van der Waals surface area (Å²) in [5, 5.41) is 17.3. The van der Waals surface area contributed by atoms with Crippen LogP contribution in [-0.2, 0) is 24.6 Å². The van der Waals surface area contributed by atoms with Crippen LogP contribution in [0.2, 0.25) is 0 Å². The minimum atomic E-state index is -3.92. The highest BCUT2D eigenvalue weighted by Crippen LogP contribution is 2.34. The first-order valence-electron chi connectivity index (χ1n) is 21.6. The van der Waals surface area contributed by atoms with Crippen LogP contribution in [0.15, 0.2) is 73.1 Å². The number of imide groups is 1. The van der Waals surface area contributed by atoms with Gasteiger partial charge in [0.05, 0.1) is 29.0 Å². The summed E-state index contributed by atoms with van der Waals surface area (Å²) in [5.41, 5.74) is 2.03. The molecule has 5 N–H and O–H groups in total. The number of aliphatic hydroxyl groups is 1. The molecule has 65 heavy (non-hydrogen) atoms. The fraction of sp³-hybridized carbons (Fsp3) is 0.370. The Bertz CT molecular complexity index is 2770. The monoisotopic (exact) mass is 911 g/mol. The number of fused-ring (bicyclic) bond motifs is 1. The number of anilines is 4. The molecule has 1 unspecified atom stereocenters. The summed E-state index contributed by atoms with van der Waals surface area (Å²) in [6.45, 7) is 6.07. The molecular formula is C46H51F2N9O7S. The molecule has 5 aromatic rings. The van der Waals surface area contributed by atoms with Gasteiger partial charge < -0.3 is 30.1 Å². The van der Waals surface area contributed by atoms with Gasteiger partial charge in [0.15, 0.2) is 5.78 Å². The molecule has 3 aliphatic rings. The highest BCUT2D eigenvalue weighted by atomic mass is 32.2. The van der Waals surface area contributed by atoms with Crippen LogP contribution in [0.25, 0.3) is 22.0 Å². The largest absolute Gasteiger partial charge is 0.389 e. The number of H-pyrrole nitrogens is 1. The van der Waals surface area contributed by atoms with Gasteiger partial charge in [-0.25, -0.2) is 13.8 Å². The lowest BCUT2D eigenvalue weighted by molar-refractivity contribution is -0.138. The van der Waals surface area contributed by atoms with E-state index in [9.17, 15) is 32.7 Å². The average Bonchev–Trinajstić information content (AvgIpc) is 3.72. The Morgan fingerprint density at radius 1 is 0.938 bits per heavy atom. The number of aromatic nitrogens is 2.